The number of benzene rings is 1. The highest BCUT2D eigenvalue weighted by Crippen LogP contribution is 2.35. The summed E-state index contributed by atoms with van der Waals surface area (Å²) in [6.07, 6.45) is -5.04. The zero-order chi connectivity index (χ0) is 18.0. The summed E-state index contributed by atoms with van der Waals surface area (Å²) in [6, 6.07) is 3.48. The fraction of sp³-hybridized carbons (Fsp3) is 0.400. The van der Waals surface area contributed by atoms with Crippen LogP contribution in [-0.2, 0) is 22.1 Å². The summed E-state index contributed by atoms with van der Waals surface area (Å²) in [4.78, 5) is 12.4. The number of rotatable bonds is 4. The largest absolute Gasteiger partial charge is 0.481 e. The Morgan fingerprint density at radius 3 is 2.56 bits per heavy atom. The Morgan fingerprint density at radius 1 is 1.20 bits per heavy atom. The Hall–Kier alpha value is -2.62. The molecule has 0 spiro atoms. The Kier molecular flexibility index (Phi) is 4.62. The van der Waals surface area contributed by atoms with Gasteiger partial charge < -0.3 is 19.2 Å². The smallest absolute Gasteiger partial charge is 0.416 e. The fourth-order valence-corrected chi connectivity index (χ4v) is 2.47. The number of aliphatic carboxylic acids is 1. The zero-order valence-corrected chi connectivity index (χ0v) is 12.9. The Morgan fingerprint density at radius 2 is 1.92 bits per heavy atom. The number of ether oxygens (including phenoxy) is 1. The summed E-state index contributed by atoms with van der Waals surface area (Å²) >= 11 is 0. The number of carbonyl (C=O) groups is 1. The van der Waals surface area contributed by atoms with E-state index in [2.05, 4.69) is 10.2 Å². The van der Waals surface area contributed by atoms with Gasteiger partial charge in [0.25, 0.3) is 0 Å². The van der Waals surface area contributed by atoms with E-state index in [1.165, 1.54) is 6.07 Å². The molecule has 1 aromatic heterocycles. The first-order valence-corrected chi connectivity index (χ1v) is 7.42. The van der Waals surface area contributed by atoms with Gasteiger partial charge in [-0.25, -0.2) is 0 Å². The molecule has 0 amide bonds. The van der Waals surface area contributed by atoms with E-state index in [1.807, 2.05) is 0 Å². The van der Waals surface area contributed by atoms with Gasteiger partial charge in [-0.05, 0) is 18.2 Å². The van der Waals surface area contributed by atoms with Crippen LogP contribution in [0.15, 0.2) is 22.6 Å². The van der Waals surface area contributed by atoms with Crippen LogP contribution in [-0.4, -0.2) is 47.6 Å². The number of nitrogens with zero attached hydrogens (tertiary/aromatic N) is 3. The van der Waals surface area contributed by atoms with E-state index in [4.69, 9.17) is 14.3 Å². The van der Waals surface area contributed by atoms with Crippen LogP contribution in [0.25, 0.3) is 11.5 Å². The number of anilines is 1. The summed E-state index contributed by atoms with van der Waals surface area (Å²) in [6.45, 7) is 1.79. The van der Waals surface area contributed by atoms with Crippen LogP contribution < -0.4 is 4.90 Å². The minimum atomic E-state index is -4.54. The molecule has 0 saturated carbocycles. The molecular weight excluding hydrogens is 343 g/mol. The molecule has 1 aromatic carbocycles. The van der Waals surface area contributed by atoms with Crippen molar-refractivity contribution in [1.82, 2.24) is 10.2 Å². The highest BCUT2D eigenvalue weighted by atomic mass is 19.4. The van der Waals surface area contributed by atoms with Crippen molar-refractivity contribution in [2.45, 2.75) is 12.6 Å². The minimum Gasteiger partial charge on any atom is -0.481 e. The number of carboxylic acids is 1. The second kappa shape index (κ2) is 6.71. The van der Waals surface area contributed by atoms with Crippen LogP contribution in [0.2, 0.25) is 0 Å². The average Bonchev–Trinajstić information content (AvgIpc) is 3.02. The molecule has 0 aliphatic carbocycles. The van der Waals surface area contributed by atoms with Crippen molar-refractivity contribution in [3.8, 4) is 11.5 Å². The van der Waals surface area contributed by atoms with Gasteiger partial charge in [-0.15, -0.1) is 10.2 Å². The summed E-state index contributed by atoms with van der Waals surface area (Å²) in [7, 11) is 0. The number of alkyl halides is 3. The Bertz CT molecular complexity index is 770. The molecule has 1 aliphatic heterocycles. The molecule has 2 aromatic rings. The van der Waals surface area contributed by atoms with Gasteiger partial charge in [-0.2, -0.15) is 13.2 Å². The molecule has 0 radical (unpaired) electrons. The number of halogens is 3. The van der Waals surface area contributed by atoms with Gasteiger partial charge in [0.15, 0.2) is 0 Å². The van der Waals surface area contributed by atoms with Crippen molar-refractivity contribution in [3.63, 3.8) is 0 Å². The molecule has 134 valence electrons. The lowest BCUT2D eigenvalue weighted by Gasteiger charge is -2.29. The lowest BCUT2D eigenvalue weighted by Crippen LogP contribution is -2.36. The van der Waals surface area contributed by atoms with E-state index in [-0.39, 0.29) is 17.3 Å². The summed E-state index contributed by atoms with van der Waals surface area (Å²) in [5.41, 5.74) is -0.393. The number of hydrogen-bond acceptors (Lipinski definition) is 6. The molecule has 10 heteroatoms. The molecule has 3 rings (SSSR count). The molecule has 0 bridgehead atoms. The second-order valence-electron chi connectivity index (χ2n) is 5.44. The van der Waals surface area contributed by atoms with Crippen molar-refractivity contribution in [3.05, 3.63) is 29.7 Å². The van der Waals surface area contributed by atoms with Crippen molar-refractivity contribution in [2.75, 3.05) is 31.2 Å². The summed E-state index contributed by atoms with van der Waals surface area (Å²) < 4.78 is 50.1. The molecule has 0 atom stereocenters. The molecular formula is C15H14F3N3O4. The van der Waals surface area contributed by atoms with Gasteiger partial charge >= 0.3 is 12.1 Å². The molecule has 0 unspecified atom stereocenters. The van der Waals surface area contributed by atoms with Crippen LogP contribution in [0.1, 0.15) is 11.5 Å². The van der Waals surface area contributed by atoms with Crippen molar-refractivity contribution in [1.29, 1.82) is 0 Å². The van der Waals surface area contributed by atoms with Crippen molar-refractivity contribution in [2.24, 2.45) is 0 Å². The van der Waals surface area contributed by atoms with Crippen LogP contribution >= 0.6 is 0 Å². The quantitative estimate of drug-likeness (QED) is 0.897. The van der Waals surface area contributed by atoms with Gasteiger partial charge in [0.1, 0.15) is 6.42 Å². The standard InChI is InChI=1S/C15H14F3N3O4/c16-15(17,18)10-5-9(14-20-19-12(25-14)8-13(22)23)6-11(7-10)21-1-3-24-4-2-21/h5-7H,1-4,8H2,(H,22,23). The number of aromatic nitrogens is 2. The lowest BCUT2D eigenvalue weighted by molar-refractivity contribution is -0.138. The molecule has 2 heterocycles. The third kappa shape index (κ3) is 4.08. The monoisotopic (exact) mass is 357 g/mol. The summed E-state index contributed by atoms with van der Waals surface area (Å²) in [5, 5.41) is 15.9. The van der Waals surface area contributed by atoms with E-state index < -0.39 is 24.1 Å². The van der Waals surface area contributed by atoms with Gasteiger partial charge in [-0.1, -0.05) is 0 Å². The first kappa shape index (κ1) is 17.2. The SMILES string of the molecule is O=C(O)Cc1nnc(-c2cc(N3CCOCC3)cc(C(F)(F)F)c2)o1. The van der Waals surface area contributed by atoms with E-state index in [9.17, 15) is 18.0 Å². The summed E-state index contributed by atoms with van der Waals surface area (Å²) in [5.74, 6) is -1.50. The van der Waals surface area contributed by atoms with Crippen LogP contribution in [0.4, 0.5) is 18.9 Å². The van der Waals surface area contributed by atoms with Crippen molar-refractivity contribution < 1.29 is 32.2 Å². The van der Waals surface area contributed by atoms with Gasteiger partial charge in [0.05, 0.1) is 18.8 Å². The topological polar surface area (TPSA) is 88.7 Å². The number of hydrogen-bond donors (Lipinski definition) is 1. The van der Waals surface area contributed by atoms with Gasteiger partial charge in [-0.3, -0.25) is 4.79 Å². The van der Waals surface area contributed by atoms with Crippen molar-refractivity contribution >= 4 is 11.7 Å². The lowest BCUT2D eigenvalue weighted by atomic mass is 10.1. The van der Waals surface area contributed by atoms with E-state index in [0.717, 1.165) is 12.1 Å². The average molecular weight is 357 g/mol. The maximum atomic E-state index is 13.2. The molecule has 1 fully saturated rings. The first-order chi connectivity index (χ1) is 11.8. The first-order valence-electron chi connectivity index (χ1n) is 7.42. The van der Waals surface area contributed by atoms with Crippen LogP contribution in [0, 0.1) is 0 Å². The molecule has 1 saturated heterocycles. The zero-order valence-electron chi connectivity index (χ0n) is 12.9. The third-order valence-corrected chi connectivity index (χ3v) is 3.64. The minimum absolute atomic E-state index is 0.0838. The van der Waals surface area contributed by atoms with Crippen LogP contribution in [0.5, 0.6) is 0 Å². The molecule has 1 N–H and O–H groups in total. The van der Waals surface area contributed by atoms with Gasteiger partial charge in [0.2, 0.25) is 11.8 Å². The second-order valence-corrected chi connectivity index (χ2v) is 5.44. The highest BCUT2D eigenvalue weighted by Gasteiger charge is 2.32. The van der Waals surface area contributed by atoms with E-state index in [1.54, 1.807) is 4.90 Å². The number of morpholine rings is 1. The maximum absolute atomic E-state index is 13.2. The van der Waals surface area contributed by atoms with Crippen LogP contribution in [0.3, 0.4) is 0 Å². The predicted octanol–water partition coefficient (Wildman–Crippen LogP) is 2.22. The molecule has 25 heavy (non-hydrogen) atoms. The molecule has 7 nitrogen and oxygen atoms in total. The normalized spacial score (nSPS) is 15.4. The van der Waals surface area contributed by atoms with Gasteiger partial charge in [0, 0.05) is 24.3 Å². The predicted molar refractivity (Wildman–Crippen MR) is 79.1 cm³/mol. The highest BCUT2D eigenvalue weighted by molar-refractivity contribution is 5.69. The maximum Gasteiger partial charge on any atom is 0.416 e. The van der Waals surface area contributed by atoms with E-state index in [0.29, 0.717) is 32.0 Å². The third-order valence-electron chi connectivity index (χ3n) is 3.64. The number of carboxylic acid groups (broad SMARTS) is 1. The molecule has 1 aliphatic rings. The van der Waals surface area contributed by atoms with E-state index >= 15 is 0 Å². The fourth-order valence-electron chi connectivity index (χ4n) is 2.47. The Balaban J connectivity index is 1.99. The Labute approximate surface area is 140 Å².